The summed E-state index contributed by atoms with van der Waals surface area (Å²) < 4.78 is 7.16. The second-order valence-electron chi connectivity index (χ2n) is 7.50. The zero-order chi connectivity index (χ0) is 19.2. The van der Waals surface area contributed by atoms with Gasteiger partial charge in [-0.15, -0.1) is 10.2 Å². The third-order valence-electron chi connectivity index (χ3n) is 5.66. The molecule has 1 saturated carbocycles. The van der Waals surface area contributed by atoms with Crippen molar-refractivity contribution in [1.29, 1.82) is 0 Å². The number of ether oxygens (including phenoxy) is 1. The molecule has 0 unspecified atom stereocenters. The largest absolute Gasteiger partial charge is 0.466 e. The summed E-state index contributed by atoms with van der Waals surface area (Å²) in [7, 11) is 1.97. The van der Waals surface area contributed by atoms with Crippen LogP contribution in [0.15, 0.2) is 4.99 Å². The van der Waals surface area contributed by atoms with Crippen molar-refractivity contribution in [3.05, 3.63) is 11.6 Å². The number of aliphatic imine (C=N–C) groups is 1. The number of rotatable bonds is 5. The summed E-state index contributed by atoms with van der Waals surface area (Å²) in [5, 5.41) is 12.0. The Bertz CT molecular complexity index is 657. The first-order valence-electron chi connectivity index (χ1n) is 10.2. The van der Waals surface area contributed by atoms with Crippen LogP contribution in [0.1, 0.15) is 57.1 Å². The van der Waals surface area contributed by atoms with Gasteiger partial charge in [-0.1, -0.05) is 12.8 Å². The van der Waals surface area contributed by atoms with Gasteiger partial charge in [0.05, 0.1) is 12.5 Å². The van der Waals surface area contributed by atoms with Gasteiger partial charge >= 0.3 is 5.97 Å². The number of esters is 1. The Kier molecular flexibility index (Phi) is 6.68. The third-order valence-corrected chi connectivity index (χ3v) is 5.66. The van der Waals surface area contributed by atoms with E-state index in [2.05, 4.69) is 20.4 Å². The molecule has 3 rings (SSSR count). The van der Waals surface area contributed by atoms with E-state index in [0.717, 1.165) is 43.5 Å². The van der Waals surface area contributed by atoms with E-state index < -0.39 is 0 Å². The normalized spacial score (nSPS) is 19.5. The molecule has 150 valence electrons. The van der Waals surface area contributed by atoms with Crippen molar-refractivity contribution in [1.82, 2.24) is 25.0 Å². The van der Waals surface area contributed by atoms with E-state index in [1.807, 2.05) is 25.5 Å². The molecule has 1 aromatic heterocycles. The number of likely N-dealkylation sites (tertiary alicyclic amines) is 1. The first-order chi connectivity index (χ1) is 13.1. The molecule has 0 spiro atoms. The number of guanidine groups is 1. The van der Waals surface area contributed by atoms with E-state index in [4.69, 9.17) is 9.73 Å². The zero-order valence-corrected chi connectivity index (χ0v) is 16.8. The number of hydrogen-bond acceptors (Lipinski definition) is 5. The molecule has 0 bridgehead atoms. The van der Waals surface area contributed by atoms with Crippen LogP contribution >= 0.6 is 0 Å². The number of carbonyl (C=O) groups is 1. The molecule has 0 atom stereocenters. The second kappa shape index (κ2) is 9.19. The summed E-state index contributed by atoms with van der Waals surface area (Å²) in [6.45, 7) is 6.39. The van der Waals surface area contributed by atoms with E-state index >= 15 is 0 Å². The number of piperidine rings is 1. The van der Waals surface area contributed by atoms with E-state index in [1.165, 1.54) is 25.7 Å². The van der Waals surface area contributed by atoms with Crippen LogP contribution in [0.2, 0.25) is 0 Å². The van der Waals surface area contributed by atoms with Crippen molar-refractivity contribution >= 4 is 11.9 Å². The smallest absolute Gasteiger partial charge is 0.309 e. The highest BCUT2D eigenvalue weighted by atomic mass is 16.5. The zero-order valence-electron chi connectivity index (χ0n) is 16.8. The highest BCUT2D eigenvalue weighted by Crippen LogP contribution is 2.21. The number of carbonyl (C=O) groups excluding carboxylic acids is 1. The minimum atomic E-state index is -0.0612. The van der Waals surface area contributed by atoms with Gasteiger partial charge < -0.3 is 19.5 Å². The molecule has 1 aliphatic carbocycles. The van der Waals surface area contributed by atoms with Gasteiger partial charge in [-0.25, -0.2) is 4.99 Å². The van der Waals surface area contributed by atoms with Crippen molar-refractivity contribution in [2.75, 3.05) is 19.7 Å². The van der Waals surface area contributed by atoms with Crippen LogP contribution in [-0.4, -0.2) is 57.3 Å². The average Bonchev–Trinajstić information content (AvgIpc) is 3.30. The van der Waals surface area contributed by atoms with Gasteiger partial charge in [-0.3, -0.25) is 4.79 Å². The molecule has 0 radical (unpaired) electrons. The fourth-order valence-corrected chi connectivity index (χ4v) is 3.81. The molecule has 8 heteroatoms. The monoisotopic (exact) mass is 376 g/mol. The maximum absolute atomic E-state index is 12.0. The molecular formula is C19H32N6O2. The predicted molar refractivity (Wildman–Crippen MR) is 103 cm³/mol. The highest BCUT2D eigenvalue weighted by Gasteiger charge is 2.28. The molecule has 8 nitrogen and oxygen atoms in total. The van der Waals surface area contributed by atoms with Gasteiger partial charge in [0.25, 0.3) is 0 Å². The van der Waals surface area contributed by atoms with Gasteiger partial charge in [0.1, 0.15) is 12.4 Å². The standard InChI is InChI=1S/C19H32N6O2/c1-4-27-18(26)15-9-11-25(12-10-15)19(21-16-7-5-6-8-16)20-13-17-23-22-14(2)24(17)3/h15-16H,4-13H2,1-3H3,(H,20,21). The lowest BCUT2D eigenvalue weighted by Gasteiger charge is -2.34. The number of nitrogens with zero attached hydrogens (tertiary/aromatic N) is 5. The molecule has 2 aliphatic rings. The van der Waals surface area contributed by atoms with E-state index in [-0.39, 0.29) is 11.9 Å². The highest BCUT2D eigenvalue weighted by molar-refractivity contribution is 5.81. The summed E-state index contributed by atoms with van der Waals surface area (Å²) in [6, 6.07) is 0.493. The number of nitrogens with one attached hydrogen (secondary N) is 1. The molecule has 1 aromatic rings. The lowest BCUT2D eigenvalue weighted by Crippen LogP contribution is -2.49. The van der Waals surface area contributed by atoms with E-state index in [0.29, 0.717) is 19.2 Å². The molecule has 1 aliphatic heterocycles. The van der Waals surface area contributed by atoms with Crippen LogP contribution in [0, 0.1) is 12.8 Å². The summed E-state index contributed by atoms with van der Waals surface area (Å²) in [6.07, 6.45) is 6.57. The summed E-state index contributed by atoms with van der Waals surface area (Å²) >= 11 is 0. The maximum Gasteiger partial charge on any atom is 0.309 e. The van der Waals surface area contributed by atoms with Crippen molar-refractivity contribution in [2.45, 2.75) is 65.0 Å². The summed E-state index contributed by atoms with van der Waals surface area (Å²) in [5.41, 5.74) is 0. The van der Waals surface area contributed by atoms with Gasteiger partial charge in [-0.05, 0) is 39.5 Å². The summed E-state index contributed by atoms with van der Waals surface area (Å²) in [4.78, 5) is 19.1. The van der Waals surface area contributed by atoms with E-state index in [1.54, 1.807) is 0 Å². The van der Waals surface area contributed by atoms with Gasteiger partial charge in [0.15, 0.2) is 11.8 Å². The Morgan fingerprint density at radius 1 is 1.22 bits per heavy atom. The Morgan fingerprint density at radius 2 is 1.93 bits per heavy atom. The quantitative estimate of drug-likeness (QED) is 0.479. The summed E-state index contributed by atoms with van der Waals surface area (Å²) in [5.74, 6) is 2.63. The Labute approximate surface area is 161 Å². The van der Waals surface area contributed by atoms with Crippen LogP contribution < -0.4 is 5.32 Å². The lowest BCUT2D eigenvalue weighted by molar-refractivity contribution is -0.149. The Morgan fingerprint density at radius 3 is 2.52 bits per heavy atom. The van der Waals surface area contributed by atoms with Crippen LogP contribution in [0.5, 0.6) is 0 Å². The number of hydrogen-bond donors (Lipinski definition) is 1. The minimum Gasteiger partial charge on any atom is -0.466 e. The minimum absolute atomic E-state index is 0.00956. The fraction of sp³-hybridized carbons (Fsp3) is 0.789. The molecule has 1 N–H and O–H groups in total. The average molecular weight is 377 g/mol. The van der Waals surface area contributed by atoms with Crippen molar-refractivity contribution < 1.29 is 9.53 Å². The SMILES string of the molecule is CCOC(=O)C1CCN(C(=NCc2nnc(C)n2C)NC2CCCC2)CC1. The Hall–Kier alpha value is -2.12. The maximum atomic E-state index is 12.0. The van der Waals surface area contributed by atoms with Crippen LogP contribution in [-0.2, 0) is 23.1 Å². The molecular weight excluding hydrogens is 344 g/mol. The topological polar surface area (TPSA) is 84.6 Å². The van der Waals surface area contributed by atoms with Gasteiger partial charge in [0.2, 0.25) is 0 Å². The van der Waals surface area contributed by atoms with Gasteiger partial charge in [0, 0.05) is 26.2 Å². The van der Waals surface area contributed by atoms with E-state index in [9.17, 15) is 4.79 Å². The van der Waals surface area contributed by atoms with Crippen molar-refractivity contribution in [3.63, 3.8) is 0 Å². The molecule has 0 aromatic carbocycles. The van der Waals surface area contributed by atoms with Crippen molar-refractivity contribution in [2.24, 2.45) is 18.0 Å². The van der Waals surface area contributed by atoms with Gasteiger partial charge in [-0.2, -0.15) is 0 Å². The lowest BCUT2D eigenvalue weighted by atomic mass is 9.97. The molecule has 1 saturated heterocycles. The first-order valence-corrected chi connectivity index (χ1v) is 10.2. The van der Waals surface area contributed by atoms with Crippen LogP contribution in [0.25, 0.3) is 0 Å². The molecule has 2 heterocycles. The molecule has 2 fully saturated rings. The molecule has 0 amide bonds. The fourth-order valence-electron chi connectivity index (χ4n) is 3.81. The van der Waals surface area contributed by atoms with Crippen molar-refractivity contribution in [3.8, 4) is 0 Å². The third kappa shape index (κ3) is 4.99. The Balaban J connectivity index is 1.65. The molecule has 27 heavy (non-hydrogen) atoms. The number of aromatic nitrogens is 3. The second-order valence-corrected chi connectivity index (χ2v) is 7.50. The number of aryl methyl sites for hydroxylation is 1. The predicted octanol–water partition coefficient (Wildman–Crippen LogP) is 1.79. The van der Waals surface area contributed by atoms with Crippen LogP contribution in [0.3, 0.4) is 0 Å². The van der Waals surface area contributed by atoms with Crippen LogP contribution in [0.4, 0.5) is 0 Å². The first kappa shape index (κ1) is 19.6.